The summed E-state index contributed by atoms with van der Waals surface area (Å²) in [6, 6.07) is 7.27. The van der Waals surface area contributed by atoms with Crippen molar-refractivity contribution < 1.29 is 9.53 Å². The first-order chi connectivity index (χ1) is 11.2. The molecule has 1 N–H and O–H groups in total. The summed E-state index contributed by atoms with van der Waals surface area (Å²) in [6.45, 7) is 1.52. The second-order valence-electron chi connectivity index (χ2n) is 5.59. The number of nitrogens with zero attached hydrogens (tertiary/aromatic N) is 1. The van der Waals surface area contributed by atoms with Crippen LogP contribution in [0.1, 0.15) is 24.3 Å². The zero-order valence-electron chi connectivity index (χ0n) is 12.9. The number of hydrogen-bond donors (Lipinski definition) is 1. The minimum Gasteiger partial charge on any atom is -0.495 e. The first-order valence-corrected chi connectivity index (χ1v) is 8.91. The number of halogens is 1. The normalized spacial score (nSPS) is 15.5. The summed E-state index contributed by atoms with van der Waals surface area (Å²) < 4.78 is 5.26. The third kappa shape index (κ3) is 3.79. The molecule has 4 nitrogen and oxygen atoms in total. The van der Waals surface area contributed by atoms with Gasteiger partial charge in [-0.25, -0.2) is 4.79 Å². The summed E-state index contributed by atoms with van der Waals surface area (Å²) in [5.74, 6) is 1.17. The minimum absolute atomic E-state index is 0.102. The van der Waals surface area contributed by atoms with Gasteiger partial charge in [0.15, 0.2) is 0 Å². The summed E-state index contributed by atoms with van der Waals surface area (Å²) in [5, 5.41) is 7.78. The van der Waals surface area contributed by atoms with Crippen LogP contribution in [0.3, 0.4) is 0 Å². The molecular weight excluding hydrogens is 332 g/mol. The van der Waals surface area contributed by atoms with Crippen molar-refractivity contribution in [3.63, 3.8) is 0 Å². The van der Waals surface area contributed by atoms with E-state index in [2.05, 4.69) is 22.1 Å². The highest BCUT2D eigenvalue weighted by Gasteiger charge is 2.24. The number of carbonyl (C=O) groups is 1. The minimum atomic E-state index is -0.102. The first kappa shape index (κ1) is 16.1. The summed E-state index contributed by atoms with van der Waals surface area (Å²) >= 11 is 7.73. The standard InChI is InChI=1S/C17H19ClN2O2S/c1-22-16-3-2-14(18)10-15(16)19-17(21)20-7-4-12(5-8-20)13-6-9-23-11-13/h2-3,6,9-12H,4-5,7-8H2,1H3,(H,19,21). The van der Waals surface area contributed by atoms with Gasteiger partial charge < -0.3 is 15.0 Å². The van der Waals surface area contributed by atoms with Crippen molar-refractivity contribution in [1.29, 1.82) is 0 Å². The van der Waals surface area contributed by atoms with Gasteiger partial charge in [-0.2, -0.15) is 11.3 Å². The van der Waals surface area contributed by atoms with Crippen LogP contribution in [0.4, 0.5) is 10.5 Å². The van der Waals surface area contributed by atoms with E-state index in [4.69, 9.17) is 16.3 Å². The van der Waals surface area contributed by atoms with Gasteiger partial charge >= 0.3 is 6.03 Å². The van der Waals surface area contributed by atoms with Crippen LogP contribution in [-0.4, -0.2) is 31.1 Å². The summed E-state index contributed by atoms with van der Waals surface area (Å²) in [5.41, 5.74) is 2.00. The van der Waals surface area contributed by atoms with E-state index >= 15 is 0 Å². The maximum atomic E-state index is 12.5. The molecule has 2 heterocycles. The average Bonchev–Trinajstić information content (AvgIpc) is 3.10. The number of likely N-dealkylation sites (tertiary alicyclic amines) is 1. The van der Waals surface area contributed by atoms with Crippen molar-refractivity contribution in [1.82, 2.24) is 4.90 Å². The van der Waals surface area contributed by atoms with Gasteiger partial charge in [-0.05, 0) is 59.3 Å². The SMILES string of the molecule is COc1ccc(Cl)cc1NC(=O)N1CCC(c2ccsc2)CC1. The van der Waals surface area contributed by atoms with E-state index < -0.39 is 0 Å². The van der Waals surface area contributed by atoms with Gasteiger partial charge in [-0.1, -0.05) is 11.6 Å². The number of piperidine rings is 1. The zero-order valence-corrected chi connectivity index (χ0v) is 14.5. The van der Waals surface area contributed by atoms with E-state index in [1.807, 2.05) is 4.90 Å². The van der Waals surface area contributed by atoms with Crippen LogP contribution in [-0.2, 0) is 0 Å². The van der Waals surface area contributed by atoms with E-state index in [0.29, 0.717) is 22.4 Å². The Morgan fingerprint density at radius 1 is 1.35 bits per heavy atom. The Balaban J connectivity index is 1.61. The van der Waals surface area contributed by atoms with Gasteiger partial charge in [0.2, 0.25) is 0 Å². The summed E-state index contributed by atoms with van der Waals surface area (Å²) in [6.07, 6.45) is 1.99. The van der Waals surface area contributed by atoms with Gasteiger partial charge in [-0.3, -0.25) is 0 Å². The second-order valence-corrected chi connectivity index (χ2v) is 6.81. The van der Waals surface area contributed by atoms with E-state index in [1.165, 1.54) is 5.56 Å². The fourth-order valence-corrected chi connectivity index (χ4v) is 3.81. The number of ether oxygens (including phenoxy) is 1. The molecule has 1 aromatic carbocycles. The number of carbonyl (C=O) groups excluding carboxylic acids is 1. The Kier molecular flexibility index (Phi) is 5.08. The maximum Gasteiger partial charge on any atom is 0.321 e. The van der Waals surface area contributed by atoms with E-state index in [1.54, 1.807) is 36.6 Å². The quantitative estimate of drug-likeness (QED) is 0.862. The number of amides is 2. The molecule has 1 fully saturated rings. The third-order valence-electron chi connectivity index (χ3n) is 4.20. The number of nitrogens with one attached hydrogen (secondary N) is 1. The van der Waals surface area contributed by atoms with E-state index in [9.17, 15) is 4.79 Å². The first-order valence-electron chi connectivity index (χ1n) is 7.59. The van der Waals surface area contributed by atoms with Crippen molar-refractivity contribution in [2.75, 3.05) is 25.5 Å². The molecule has 0 spiro atoms. The predicted molar refractivity (Wildman–Crippen MR) is 94.9 cm³/mol. The molecule has 1 saturated heterocycles. The fourth-order valence-electron chi connectivity index (χ4n) is 2.90. The molecule has 3 rings (SSSR count). The lowest BCUT2D eigenvalue weighted by Crippen LogP contribution is -2.40. The number of urea groups is 1. The number of hydrogen-bond acceptors (Lipinski definition) is 3. The molecule has 0 radical (unpaired) electrons. The highest BCUT2D eigenvalue weighted by Crippen LogP contribution is 2.31. The molecule has 0 saturated carbocycles. The van der Waals surface area contributed by atoms with Crippen molar-refractivity contribution in [3.05, 3.63) is 45.6 Å². The van der Waals surface area contributed by atoms with Crippen LogP contribution >= 0.6 is 22.9 Å². The number of methoxy groups -OCH3 is 1. The second kappa shape index (κ2) is 7.23. The molecule has 0 aliphatic carbocycles. The number of thiophene rings is 1. The highest BCUT2D eigenvalue weighted by molar-refractivity contribution is 7.07. The molecule has 1 aliphatic rings. The Morgan fingerprint density at radius 3 is 2.78 bits per heavy atom. The lowest BCUT2D eigenvalue weighted by molar-refractivity contribution is 0.194. The van der Waals surface area contributed by atoms with Gasteiger partial charge in [0, 0.05) is 18.1 Å². The molecule has 0 atom stereocenters. The monoisotopic (exact) mass is 350 g/mol. The topological polar surface area (TPSA) is 41.6 Å². The van der Waals surface area contributed by atoms with Gasteiger partial charge in [0.05, 0.1) is 12.8 Å². The number of anilines is 1. The predicted octanol–water partition coefficient (Wildman–Crippen LogP) is 4.82. The summed E-state index contributed by atoms with van der Waals surface area (Å²) in [4.78, 5) is 14.3. The summed E-state index contributed by atoms with van der Waals surface area (Å²) in [7, 11) is 1.57. The van der Waals surface area contributed by atoms with Gasteiger partial charge in [0.25, 0.3) is 0 Å². The van der Waals surface area contributed by atoms with Crippen LogP contribution in [0.15, 0.2) is 35.0 Å². The van der Waals surface area contributed by atoms with Crippen LogP contribution in [0.25, 0.3) is 0 Å². The number of benzene rings is 1. The van der Waals surface area contributed by atoms with Crippen molar-refractivity contribution in [2.45, 2.75) is 18.8 Å². The molecule has 1 aromatic heterocycles. The van der Waals surface area contributed by atoms with Crippen LogP contribution in [0.2, 0.25) is 5.02 Å². The lowest BCUT2D eigenvalue weighted by atomic mass is 9.91. The largest absolute Gasteiger partial charge is 0.495 e. The Bertz CT molecular complexity index is 667. The van der Waals surface area contributed by atoms with Gasteiger partial charge in [-0.15, -0.1) is 0 Å². The smallest absolute Gasteiger partial charge is 0.321 e. The third-order valence-corrected chi connectivity index (χ3v) is 5.14. The molecule has 122 valence electrons. The Morgan fingerprint density at radius 2 is 2.13 bits per heavy atom. The van der Waals surface area contributed by atoms with Crippen LogP contribution < -0.4 is 10.1 Å². The molecule has 0 bridgehead atoms. The molecule has 2 amide bonds. The lowest BCUT2D eigenvalue weighted by Gasteiger charge is -2.32. The van der Waals surface area contributed by atoms with E-state index in [0.717, 1.165) is 25.9 Å². The van der Waals surface area contributed by atoms with Crippen LogP contribution in [0.5, 0.6) is 5.75 Å². The molecule has 2 aromatic rings. The molecule has 1 aliphatic heterocycles. The average molecular weight is 351 g/mol. The van der Waals surface area contributed by atoms with E-state index in [-0.39, 0.29) is 6.03 Å². The van der Waals surface area contributed by atoms with Gasteiger partial charge in [0.1, 0.15) is 5.75 Å². The molecule has 6 heteroatoms. The van der Waals surface area contributed by atoms with Crippen molar-refractivity contribution in [3.8, 4) is 5.75 Å². The zero-order chi connectivity index (χ0) is 16.2. The molecule has 0 unspecified atom stereocenters. The Hall–Kier alpha value is -1.72. The molecular formula is C17H19ClN2O2S. The maximum absolute atomic E-state index is 12.5. The number of rotatable bonds is 3. The fraction of sp³-hybridized carbons (Fsp3) is 0.353. The molecule has 23 heavy (non-hydrogen) atoms. The van der Waals surface area contributed by atoms with Crippen molar-refractivity contribution in [2.24, 2.45) is 0 Å². The highest BCUT2D eigenvalue weighted by atomic mass is 35.5. The van der Waals surface area contributed by atoms with Crippen LogP contribution in [0, 0.1) is 0 Å². The Labute approximate surface area is 145 Å². The van der Waals surface area contributed by atoms with Crippen molar-refractivity contribution >= 4 is 34.7 Å².